The highest BCUT2D eigenvalue weighted by atomic mass is 16.5. The Morgan fingerprint density at radius 3 is 1.50 bits per heavy atom. The van der Waals surface area contributed by atoms with Crippen molar-refractivity contribution in [2.75, 3.05) is 0 Å². The van der Waals surface area contributed by atoms with Gasteiger partial charge in [0.1, 0.15) is 6.61 Å². The average Bonchev–Trinajstić information content (AvgIpc) is 3.78. The average molecular weight is 726 g/mol. The summed E-state index contributed by atoms with van der Waals surface area (Å²) in [6.45, 7) is 0.297. The van der Waals surface area contributed by atoms with Crippen LogP contribution in [0.15, 0.2) is 200 Å². The molecule has 56 heavy (non-hydrogen) atoms. The van der Waals surface area contributed by atoms with Crippen molar-refractivity contribution < 1.29 is 4.74 Å². The van der Waals surface area contributed by atoms with E-state index in [1.165, 1.54) is 0 Å². The summed E-state index contributed by atoms with van der Waals surface area (Å²) in [6.07, 6.45) is 0. The minimum Gasteiger partial charge on any atom is -0.471 e. The molecular weight excluding hydrogens is 691 g/mol. The molecule has 8 heteroatoms. The fourth-order valence-corrected chi connectivity index (χ4v) is 7.11. The Bertz CT molecular complexity index is 2580. The van der Waals surface area contributed by atoms with Crippen molar-refractivity contribution in [3.63, 3.8) is 0 Å². The van der Waals surface area contributed by atoms with E-state index in [4.69, 9.17) is 25.1 Å². The van der Waals surface area contributed by atoms with Gasteiger partial charge >= 0.3 is 0 Å². The molecule has 2 heterocycles. The molecule has 0 N–H and O–H groups in total. The standard InChI is InChI=1S/C48H35N7O/c1-6-18-37(19-7-1)44-47(49-45(51-50-44)38-20-8-2-9-21-38)56-34-35-30-32-36(33-31-35)42-28-16-17-29-43(42)46-52-54-55(53-46)48(39-22-10-3-11-23-39,40-24-12-4-13-25-40)41-26-14-5-15-27-41/h1-33H,34H2. The van der Waals surface area contributed by atoms with Gasteiger partial charge in [-0.25, -0.2) is 0 Å². The lowest BCUT2D eigenvalue weighted by Crippen LogP contribution is -2.39. The number of hydrogen-bond acceptors (Lipinski definition) is 7. The van der Waals surface area contributed by atoms with E-state index in [1.807, 2.05) is 133 Å². The molecule has 0 atom stereocenters. The van der Waals surface area contributed by atoms with E-state index in [0.717, 1.165) is 50.1 Å². The Kier molecular flexibility index (Phi) is 9.41. The molecule has 0 aliphatic heterocycles. The van der Waals surface area contributed by atoms with Crippen LogP contribution in [-0.4, -0.2) is 35.4 Å². The normalized spacial score (nSPS) is 11.3. The Morgan fingerprint density at radius 1 is 0.429 bits per heavy atom. The van der Waals surface area contributed by atoms with E-state index in [0.29, 0.717) is 29.8 Å². The van der Waals surface area contributed by atoms with Gasteiger partial charge in [-0.1, -0.05) is 200 Å². The van der Waals surface area contributed by atoms with Gasteiger partial charge in [-0.05, 0) is 38.6 Å². The SMILES string of the molecule is c1ccc(-c2nnc(-c3ccccc3)c(OCc3ccc(-c4ccccc4-c4nnn(C(c5ccccc5)(c5ccccc5)c5ccccc5)n4)cc3)n2)cc1. The molecule has 0 spiro atoms. The van der Waals surface area contributed by atoms with Crippen molar-refractivity contribution in [3.05, 3.63) is 222 Å². The van der Waals surface area contributed by atoms with Gasteiger partial charge in [-0.2, -0.15) is 4.98 Å². The first-order valence-corrected chi connectivity index (χ1v) is 18.4. The molecule has 0 fully saturated rings. The van der Waals surface area contributed by atoms with E-state index >= 15 is 0 Å². The maximum atomic E-state index is 6.38. The molecule has 0 aliphatic carbocycles. The summed E-state index contributed by atoms with van der Waals surface area (Å²) >= 11 is 0. The Labute approximate surface area is 324 Å². The molecule has 0 unspecified atom stereocenters. The van der Waals surface area contributed by atoms with Crippen LogP contribution in [0, 0.1) is 0 Å². The van der Waals surface area contributed by atoms with Crippen LogP contribution in [0.25, 0.3) is 45.2 Å². The van der Waals surface area contributed by atoms with Crippen LogP contribution >= 0.6 is 0 Å². The first kappa shape index (κ1) is 34.2. The Balaban J connectivity index is 1.04. The summed E-state index contributed by atoms with van der Waals surface area (Å²) in [5.74, 6) is 1.46. The number of benzene rings is 7. The lowest BCUT2D eigenvalue weighted by molar-refractivity contribution is 0.293. The van der Waals surface area contributed by atoms with Gasteiger partial charge in [0.05, 0.1) is 0 Å². The molecular formula is C48H35N7O. The topological polar surface area (TPSA) is 91.5 Å². The van der Waals surface area contributed by atoms with E-state index in [-0.39, 0.29) is 0 Å². The number of aromatic nitrogens is 7. The van der Waals surface area contributed by atoms with Crippen LogP contribution in [0.5, 0.6) is 5.88 Å². The van der Waals surface area contributed by atoms with Crippen LogP contribution in [0.1, 0.15) is 22.3 Å². The van der Waals surface area contributed by atoms with E-state index in [1.54, 1.807) is 4.80 Å². The van der Waals surface area contributed by atoms with Gasteiger partial charge in [-0.15, -0.1) is 25.2 Å². The molecule has 9 rings (SSSR count). The highest BCUT2D eigenvalue weighted by Gasteiger charge is 2.41. The van der Waals surface area contributed by atoms with Crippen molar-refractivity contribution in [1.29, 1.82) is 0 Å². The van der Waals surface area contributed by atoms with Crippen LogP contribution in [-0.2, 0) is 12.1 Å². The number of rotatable bonds is 11. The third kappa shape index (κ3) is 6.60. The van der Waals surface area contributed by atoms with Crippen LogP contribution in [0.4, 0.5) is 0 Å². The molecule has 0 amide bonds. The summed E-state index contributed by atoms with van der Waals surface area (Å²) in [5.41, 5.74) is 8.41. The number of hydrogen-bond donors (Lipinski definition) is 0. The van der Waals surface area contributed by atoms with Gasteiger partial charge in [0.25, 0.3) is 0 Å². The predicted molar refractivity (Wildman–Crippen MR) is 218 cm³/mol. The smallest absolute Gasteiger partial charge is 0.245 e. The fourth-order valence-electron chi connectivity index (χ4n) is 7.11. The second kappa shape index (κ2) is 15.4. The van der Waals surface area contributed by atoms with Crippen molar-refractivity contribution in [3.8, 4) is 51.0 Å². The van der Waals surface area contributed by atoms with E-state index in [9.17, 15) is 0 Å². The summed E-state index contributed by atoms with van der Waals surface area (Å²) in [7, 11) is 0. The van der Waals surface area contributed by atoms with Gasteiger partial charge in [-0.3, -0.25) is 0 Å². The van der Waals surface area contributed by atoms with Crippen LogP contribution in [0.2, 0.25) is 0 Å². The zero-order valence-electron chi connectivity index (χ0n) is 30.3. The zero-order valence-corrected chi connectivity index (χ0v) is 30.3. The Hall–Kier alpha value is -7.58. The molecule has 0 bridgehead atoms. The third-order valence-corrected chi connectivity index (χ3v) is 9.83. The number of nitrogens with zero attached hydrogens (tertiary/aromatic N) is 7. The quantitative estimate of drug-likeness (QED) is 0.123. The minimum atomic E-state index is -0.868. The fraction of sp³-hybridized carbons (Fsp3) is 0.0417. The number of ether oxygens (including phenoxy) is 1. The predicted octanol–water partition coefficient (Wildman–Crippen LogP) is 9.95. The molecule has 9 aromatic rings. The van der Waals surface area contributed by atoms with Gasteiger partial charge < -0.3 is 4.74 Å². The molecule has 7 aromatic carbocycles. The molecule has 2 aromatic heterocycles. The Morgan fingerprint density at radius 2 is 0.929 bits per heavy atom. The molecule has 0 radical (unpaired) electrons. The van der Waals surface area contributed by atoms with Crippen molar-refractivity contribution in [1.82, 2.24) is 35.4 Å². The maximum Gasteiger partial charge on any atom is 0.245 e. The molecule has 0 saturated carbocycles. The monoisotopic (exact) mass is 725 g/mol. The summed E-state index contributed by atoms with van der Waals surface area (Å²) in [4.78, 5) is 6.56. The third-order valence-electron chi connectivity index (χ3n) is 9.83. The van der Waals surface area contributed by atoms with Gasteiger partial charge in [0.15, 0.2) is 17.1 Å². The van der Waals surface area contributed by atoms with Gasteiger partial charge in [0, 0.05) is 16.7 Å². The highest BCUT2D eigenvalue weighted by molar-refractivity contribution is 5.80. The molecule has 268 valence electrons. The summed E-state index contributed by atoms with van der Waals surface area (Å²) < 4.78 is 6.38. The molecule has 8 nitrogen and oxygen atoms in total. The summed E-state index contributed by atoms with van der Waals surface area (Å²) in [6, 6.07) is 67.2. The van der Waals surface area contributed by atoms with E-state index < -0.39 is 5.54 Å². The first-order chi connectivity index (χ1) is 27.8. The lowest BCUT2D eigenvalue weighted by atomic mass is 9.77. The lowest BCUT2D eigenvalue weighted by Gasteiger charge is -2.34. The first-order valence-electron chi connectivity index (χ1n) is 18.4. The second-order valence-corrected chi connectivity index (χ2v) is 13.3. The largest absolute Gasteiger partial charge is 0.471 e. The van der Waals surface area contributed by atoms with Crippen LogP contribution < -0.4 is 4.74 Å². The highest BCUT2D eigenvalue weighted by Crippen LogP contribution is 2.40. The second-order valence-electron chi connectivity index (χ2n) is 13.3. The minimum absolute atomic E-state index is 0.297. The van der Waals surface area contributed by atoms with E-state index in [2.05, 4.69) is 76.9 Å². The maximum absolute atomic E-state index is 6.38. The number of tetrazole rings is 1. The zero-order chi connectivity index (χ0) is 37.6. The summed E-state index contributed by atoms with van der Waals surface area (Å²) in [5, 5.41) is 23.6. The van der Waals surface area contributed by atoms with Gasteiger partial charge in [0.2, 0.25) is 11.7 Å². The van der Waals surface area contributed by atoms with Crippen molar-refractivity contribution in [2.24, 2.45) is 0 Å². The molecule has 0 aliphatic rings. The van der Waals surface area contributed by atoms with Crippen molar-refractivity contribution in [2.45, 2.75) is 12.1 Å². The van der Waals surface area contributed by atoms with Crippen molar-refractivity contribution >= 4 is 0 Å². The molecule has 0 saturated heterocycles. The van der Waals surface area contributed by atoms with Crippen LogP contribution in [0.3, 0.4) is 0 Å².